The van der Waals surface area contributed by atoms with Crippen LogP contribution in [0.3, 0.4) is 0 Å². The molecule has 180 valence electrons. The van der Waals surface area contributed by atoms with Crippen molar-refractivity contribution in [2.45, 2.75) is 38.7 Å². The number of hydrogen-bond donors (Lipinski definition) is 2. The summed E-state index contributed by atoms with van der Waals surface area (Å²) in [4.78, 5) is 36.6. The summed E-state index contributed by atoms with van der Waals surface area (Å²) in [6, 6.07) is 13.9. The Kier molecular flexibility index (Phi) is 8.75. The van der Waals surface area contributed by atoms with Gasteiger partial charge in [-0.1, -0.05) is 36.4 Å². The third kappa shape index (κ3) is 7.14. The fourth-order valence-corrected chi connectivity index (χ4v) is 3.94. The maximum absolute atomic E-state index is 12.2. The second-order valence-corrected chi connectivity index (χ2v) is 8.33. The van der Waals surface area contributed by atoms with Gasteiger partial charge in [0.15, 0.2) is 0 Å². The molecule has 0 bridgehead atoms. The molecule has 2 amide bonds. The van der Waals surface area contributed by atoms with Crippen LogP contribution in [0.1, 0.15) is 48.5 Å². The molecule has 34 heavy (non-hydrogen) atoms. The monoisotopic (exact) mass is 466 g/mol. The van der Waals surface area contributed by atoms with E-state index in [0.29, 0.717) is 6.42 Å². The van der Waals surface area contributed by atoms with Crippen LogP contribution >= 0.6 is 0 Å². The minimum Gasteiger partial charge on any atom is -0.446 e. The second-order valence-electron chi connectivity index (χ2n) is 8.33. The smallest absolute Gasteiger partial charge is 0.411 e. The number of benzene rings is 2. The Labute approximate surface area is 198 Å². The third-order valence-corrected chi connectivity index (χ3v) is 5.80. The lowest BCUT2D eigenvalue weighted by Gasteiger charge is -2.26. The highest BCUT2D eigenvalue weighted by Gasteiger charge is 2.18. The topological polar surface area (TPSA) is 128 Å². The average Bonchev–Trinajstić information content (AvgIpc) is 2.82. The molecule has 2 aromatic carbocycles. The van der Waals surface area contributed by atoms with E-state index in [1.54, 1.807) is 6.92 Å². The molecular formula is C25H30N4O5. The fourth-order valence-electron chi connectivity index (χ4n) is 3.94. The number of nitro benzene ring substituents is 1. The Hall–Kier alpha value is -3.72. The van der Waals surface area contributed by atoms with Gasteiger partial charge in [0.2, 0.25) is 0 Å². The molecule has 0 saturated carbocycles. The van der Waals surface area contributed by atoms with Crippen molar-refractivity contribution in [2.24, 2.45) is 5.73 Å². The van der Waals surface area contributed by atoms with Gasteiger partial charge in [0.1, 0.15) is 6.10 Å². The first-order valence-electron chi connectivity index (χ1n) is 11.4. The highest BCUT2D eigenvalue weighted by Crippen LogP contribution is 2.24. The number of nitro groups is 1. The van der Waals surface area contributed by atoms with Gasteiger partial charge in [0.25, 0.3) is 11.6 Å². The van der Waals surface area contributed by atoms with Crippen LogP contribution in [0.15, 0.2) is 54.6 Å². The van der Waals surface area contributed by atoms with Gasteiger partial charge in [-0.15, -0.1) is 0 Å². The second kappa shape index (κ2) is 11.9. The predicted octanol–water partition coefficient (Wildman–Crippen LogP) is 4.59. The number of ether oxygens (including phenoxy) is 1. The van der Waals surface area contributed by atoms with Crippen molar-refractivity contribution in [1.82, 2.24) is 4.90 Å². The Bertz CT molecular complexity index is 1050. The van der Waals surface area contributed by atoms with E-state index >= 15 is 0 Å². The molecule has 1 aliphatic rings. The SMILES string of the molecule is CC(CCCCN1CC=C(c2ccccc2)CC1)OC(=O)Nc1cc([N+](=O)[O-])ccc1C(N)=O. The van der Waals surface area contributed by atoms with E-state index in [1.807, 2.05) is 6.07 Å². The number of non-ortho nitro benzene ring substituents is 1. The summed E-state index contributed by atoms with van der Waals surface area (Å²) < 4.78 is 5.35. The number of unbranched alkanes of at least 4 members (excludes halogenated alkanes) is 1. The molecule has 0 saturated heterocycles. The summed E-state index contributed by atoms with van der Waals surface area (Å²) in [6.07, 6.45) is 4.76. The largest absolute Gasteiger partial charge is 0.446 e. The predicted molar refractivity (Wildman–Crippen MR) is 131 cm³/mol. The molecule has 3 rings (SSSR count). The molecule has 0 fully saturated rings. The molecule has 1 heterocycles. The van der Waals surface area contributed by atoms with Gasteiger partial charge in [-0.3, -0.25) is 25.1 Å². The first-order valence-corrected chi connectivity index (χ1v) is 11.4. The van der Waals surface area contributed by atoms with Crippen molar-refractivity contribution >= 4 is 28.9 Å². The Balaban J connectivity index is 1.39. The summed E-state index contributed by atoms with van der Waals surface area (Å²) in [7, 11) is 0. The summed E-state index contributed by atoms with van der Waals surface area (Å²) in [5.41, 5.74) is 7.63. The summed E-state index contributed by atoms with van der Waals surface area (Å²) in [5, 5.41) is 13.4. The van der Waals surface area contributed by atoms with Crippen molar-refractivity contribution in [3.05, 3.63) is 75.8 Å². The molecule has 1 aliphatic heterocycles. The van der Waals surface area contributed by atoms with Crippen LogP contribution in [-0.2, 0) is 4.74 Å². The molecule has 0 aromatic heterocycles. The number of rotatable bonds is 10. The van der Waals surface area contributed by atoms with Crippen LogP contribution in [0, 0.1) is 10.1 Å². The number of hydrogen-bond acceptors (Lipinski definition) is 6. The number of nitrogens with zero attached hydrogens (tertiary/aromatic N) is 2. The molecular weight excluding hydrogens is 436 g/mol. The molecule has 0 radical (unpaired) electrons. The Morgan fingerprint density at radius 1 is 1.21 bits per heavy atom. The van der Waals surface area contributed by atoms with Crippen molar-refractivity contribution in [3.63, 3.8) is 0 Å². The zero-order chi connectivity index (χ0) is 24.5. The maximum Gasteiger partial charge on any atom is 0.411 e. The normalized spacial score (nSPS) is 14.7. The zero-order valence-corrected chi connectivity index (χ0v) is 19.2. The number of carbonyl (C=O) groups is 2. The average molecular weight is 467 g/mol. The molecule has 1 atom stereocenters. The molecule has 0 spiro atoms. The highest BCUT2D eigenvalue weighted by molar-refractivity contribution is 6.02. The summed E-state index contributed by atoms with van der Waals surface area (Å²) in [6.45, 7) is 4.73. The summed E-state index contributed by atoms with van der Waals surface area (Å²) in [5.74, 6) is -0.804. The fraction of sp³-hybridized carbons (Fsp3) is 0.360. The van der Waals surface area contributed by atoms with E-state index in [4.69, 9.17) is 10.5 Å². The standard InChI is InChI=1S/C25H30N4O5/c1-18(34-25(31)27-23-17-21(29(32)33)10-11-22(23)24(26)30)7-5-6-14-28-15-12-20(13-16-28)19-8-3-2-4-9-19/h2-4,8-12,17-18H,5-7,13-16H2,1H3,(H2,26,30)(H,27,31). The number of anilines is 1. The Morgan fingerprint density at radius 3 is 2.62 bits per heavy atom. The van der Waals surface area contributed by atoms with Crippen LogP contribution in [0.5, 0.6) is 0 Å². The lowest BCUT2D eigenvalue weighted by Crippen LogP contribution is -2.29. The van der Waals surface area contributed by atoms with E-state index in [2.05, 4.69) is 40.6 Å². The van der Waals surface area contributed by atoms with Gasteiger partial charge in [0.05, 0.1) is 16.2 Å². The van der Waals surface area contributed by atoms with Gasteiger partial charge < -0.3 is 10.5 Å². The first kappa shape index (κ1) is 24.9. The molecule has 9 nitrogen and oxygen atoms in total. The molecule has 3 N–H and O–H groups in total. The van der Waals surface area contributed by atoms with Gasteiger partial charge in [-0.25, -0.2) is 4.79 Å². The number of amides is 2. The van der Waals surface area contributed by atoms with Crippen molar-refractivity contribution < 1.29 is 19.2 Å². The molecule has 2 aromatic rings. The van der Waals surface area contributed by atoms with Crippen LogP contribution in [-0.4, -0.2) is 47.6 Å². The van der Waals surface area contributed by atoms with Crippen molar-refractivity contribution in [3.8, 4) is 0 Å². The molecule has 0 aliphatic carbocycles. The van der Waals surface area contributed by atoms with Crippen LogP contribution in [0.25, 0.3) is 5.57 Å². The van der Waals surface area contributed by atoms with E-state index in [-0.39, 0.29) is 23.0 Å². The van der Waals surface area contributed by atoms with Gasteiger partial charge >= 0.3 is 6.09 Å². The van der Waals surface area contributed by atoms with E-state index < -0.39 is 16.9 Å². The van der Waals surface area contributed by atoms with Crippen LogP contribution < -0.4 is 11.1 Å². The Morgan fingerprint density at radius 2 is 1.97 bits per heavy atom. The lowest BCUT2D eigenvalue weighted by molar-refractivity contribution is -0.384. The van der Waals surface area contributed by atoms with E-state index in [0.717, 1.165) is 51.0 Å². The van der Waals surface area contributed by atoms with E-state index in [1.165, 1.54) is 17.2 Å². The quantitative estimate of drug-likeness (QED) is 0.299. The van der Waals surface area contributed by atoms with Crippen LogP contribution in [0.2, 0.25) is 0 Å². The van der Waals surface area contributed by atoms with Gasteiger partial charge in [0, 0.05) is 25.2 Å². The molecule has 1 unspecified atom stereocenters. The van der Waals surface area contributed by atoms with E-state index in [9.17, 15) is 19.7 Å². The van der Waals surface area contributed by atoms with Gasteiger partial charge in [-0.2, -0.15) is 0 Å². The first-order chi connectivity index (χ1) is 16.3. The number of primary amides is 1. The highest BCUT2D eigenvalue weighted by atomic mass is 16.6. The minimum absolute atomic E-state index is 0.0267. The maximum atomic E-state index is 12.2. The van der Waals surface area contributed by atoms with Crippen molar-refractivity contribution in [2.75, 3.05) is 25.0 Å². The van der Waals surface area contributed by atoms with Crippen LogP contribution in [0.4, 0.5) is 16.2 Å². The molecule has 9 heteroatoms. The minimum atomic E-state index is -0.804. The number of nitrogens with two attached hydrogens (primary N) is 1. The summed E-state index contributed by atoms with van der Waals surface area (Å²) >= 11 is 0. The van der Waals surface area contributed by atoms with Crippen molar-refractivity contribution in [1.29, 1.82) is 0 Å². The lowest BCUT2D eigenvalue weighted by atomic mass is 9.99. The van der Waals surface area contributed by atoms with Gasteiger partial charge in [-0.05, 0) is 56.4 Å². The number of carbonyl (C=O) groups excluding carboxylic acids is 2. The third-order valence-electron chi connectivity index (χ3n) is 5.80. The zero-order valence-electron chi connectivity index (χ0n) is 19.2. The number of nitrogens with one attached hydrogen (secondary N) is 1.